The first-order chi connectivity index (χ1) is 14.8. The molecule has 0 atom stereocenters. The minimum atomic E-state index is -3.53. The number of hydrogen-bond acceptors (Lipinski definition) is 3. The molecule has 1 N–H and O–H groups in total. The number of ether oxygens (including phenoxy) is 1. The van der Waals surface area contributed by atoms with Gasteiger partial charge in [-0.25, -0.2) is 0 Å². The Morgan fingerprint density at radius 1 is 1.10 bits per heavy atom. The number of nitrogens with one attached hydrogen (secondary N) is 1. The van der Waals surface area contributed by atoms with Crippen molar-refractivity contribution in [2.75, 3.05) is 25.5 Å². The minimum Gasteiger partial charge on any atom is -0.497 e. The number of nitrogens with zero attached hydrogens (tertiary/aromatic N) is 1. The molecule has 1 saturated heterocycles. The normalized spacial score (nSPS) is 15.2. The number of alkyl halides is 2. The van der Waals surface area contributed by atoms with Gasteiger partial charge in [0.05, 0.1) is 7.11 Å². The summed E-state index contributed by atoms with van der Waals surface area (Å²) >= 11 is 3.35. The van der Waals surface area contributed by atoms with E-state index in [2.05, 4.69) is 21.2 Å². The molecule has 1 fully saturated rings. The summed E-state index contributed by atoms with van der Waals surface area (Å²) in [5, 5.41) is 2.27. The van der Waals surface area contributed by atoms with Crippen LogP contribution in [0.5, 0.6) is 5.75 Å². The van der Waals surface area contributed by atoms with Crippen molar-refractivity contribution < 1.29 is 23.1 Å². The van der Waals surface area contributed by atoms with E-state index >= 15 is 0 Å². The van der Waals surface area contributed by atoms with Gasteiger partial charge in [0.25, 0.3) is 5.91 Å². The number of piperidine rings is 1. The van der Waals surface area contributed by atoms with Crippen LogP contribution in [0.25, 0.3) is 6.08 Å². The molecule has 0 aromatic heterocycles. The van der Waals surface area contributed by atoms with Gasteiger partial charge < -0.3 is 15.0 Å². The number of halogens is 3. The highest BCUT2D eigenvalue weighted by molar-refractivity contribution is 9.10. The Balaban J connectivity index is 1.53. The number of likely N-dealkylation sites (tertiary alicyclic amines) is 1. The molecule has 0 bridgehead atoms. The average molecular weight is 493 g/mol. The second-order valence-electron chi connectivity index (χ2n) is 7.29. The molecule has 0 radical (unpaired) electrons. The maximum absolute atomic E-state index is 14.7. The molecule has 1 aliphatic rings. The summed E-state index contributed by atoms with van der Waals surface area (Å²) in [5.41, 5.74) is 1.14. The van der Waals surface area contributed by atoms with Crippen molar-refractivity contribution in [2.45, 2.75) is 18.8 Å². The monoisotopic (exact) mass is 492 g/mol. The van der Waals surface area contributed by atoms with Crippen molar-refractivity contribution in [2.24, 2.45) is 5.92 Å². The molecule has 1 aliphatic heterocycles. The summed E-state index contributed by atoms with van der Waals surface area (Å²) in [6.07, 6.45) is 3.25. The van der Waals surface area contributed by atoms with Crippen LogP contribution in [0, 0.1) is 5.92 Å². The molecular formula is C23H23BrF2N2O3. The summed E-state index contributed by atoms with van der Waals surface area (Å²) in [4.78, 5) is 26.1. The van der Waals surface area contributed by atoms with E-state index in [0.717, 1.165) is 10.0 Å². The van der Waals surface area contributed by atoms with Gasteiger partial charge >= 0.3 is 5.92 Å². The Labute approximate surface area is 188 Å². The van der Waals surface area contributed by atoms with E-state index < -0.39 is 17.7 Å². The fraction of sp³-hybridized carbons (Fsp3) is 0.304. The van der Waals surface area contributed by atoms with E-state index in [1.807, 2.05) is 24.3 Å². The highest BCUT2D eigenvalue weighted by Gasteiger charge is 2.48. The van der Waals surface area contributed by atoms with Crippen molar-refractivity contribution in [3.8, 4) is 5.75 Å². The molecule has 0 aliphatic carbocycles. The van der Waals surface area contributed by atoms with Crippen LogP contribution in [0.1, 0.15) is 18.4 Å². The van der Waals surface area contributed by atoms with Crippen LogP contribution in [0.3, 0.4) is 0 Å². The Hall–Kier alpha value is -2.74. The van der Waals surface area contributed by atoms with Crippen LogP contribution >= 0.6 is 15.9 Å². The molecule has 164 valence electrons. The van der Waals surface area contributed by atoms with Gasteiger partial charge in [-0.1, -0.05) is 28.1 Å². The molecule has 0 unspecified atom stereocenters. The number of carbonyl (C=O) groups is 2. The fourth-order valence-electron chi connectivity index (χ4n) is 3.38. The van der Waals surface area contributed by atoms with Crippen LogP contribution in [-0.4, -0.2) is 42.8 Å². The van der Waals surface area contributed by atoms with Crippen molar-refractivity contribution >= 4 is 39.5 Å². The molecular weight excluding hydrogens is 470 g/mol. The average Bonchev–Trinajstić information content (AvgIpc) is 2.79. The summed E-state index contributed by atoms with van der Waals surface area (Å²) < 4.78 is 35.4. The number of methoxy groups -OCH3 is 1. The molecule has 8 heteroatoms. The molecule has 31 heavy (non-hydrogen) atoms. The van der Waals surface area contributed by atoms with Gasteiger partial charge in [0, 0.05) is 35.2 Å². The number of rotatable bonds is 6. The lowest BCUT2D eigenvalue weighted by atomic mass is 9.89. The Morgan fingerprint density at radius 2 is 1.71 bits per heavy atom. The lowest BCUT2D eigenvalue weighted by Gasteiger charge is -2.34. The lowest BCUT2D eigenvalue weighted by molar-refractivity contribution is -0.152. The van der Waals surface area contributed by atoms with Crippen molar-refractivity contribution in [1.82, 2.24) is 4.90 Å². The van der Waals surface area contributed by atoms with Crippen LogP contribution in [-0.2, 0) is 9.59 Å². The predicted octanol–water partition coefficient (Wildman–Crippen LogP) is 4.98. The highest BCUT2D eigenvalue weighted by atomic mass is 79.9. The molecule has 0 saturated carbocycles. The van der Waals surface area contributed by atoms with Crippen molar-refractivity contribution in [3.63, 3.8) is 0 Å². The van der Waals surface area contributed by atoms with Crippen molar-refractivity contribution in [3.05, 3.63) is 64.6 Å². The SMILES string of the molecule is COc1ccc(NC(=O)C(F)(F)C2CCN(C(=O)/C=C/c3ccc(Br)cc3)CC2)cc1. The van der Waals surface area contributed by atoms with Crippen LogP contribution in [0.2, 0.25) is 0 Å². The van der Waals surface area contributed by atoms with Gasteiger partial charge in [0.2, 0.25) is 5.91 Å². The molecule has 2 amide bonds. The van der Waals surface area contributed by atoms with E-state index in [1.165, 1.54) is 30.2 Å². The van der Waals surface area contributed by atoms with Crippen LogP contribution in [0.15, 0.2) is 59.1 Å². The van der Waals surface area contributed by atoms with Crippen molar-refractivity contribution in [1.29, 1.82) is 0 Å². The lowest BCUT2D eigenvalue weighted by Crippen LogP contribution is -2.47. The summed E-state index contributed by atoms with van der Waals surface area (Å²) in [5.74, 6) is -5.64. The summed E-state index contributed by atoms with van der Waals surface area (Å²) in [6.45, 7) is 0.360. The minimum absolute atomic E-state index is 0.0564. The van der Waals surface area contributed by atoms with E-state index in [0.29, 0.717) is 5.75 Å². The second kappa shape index (κ2) is 10.0. The summed E-state index contributed by atoms with van der Waals surface area (Å²) in [7, 11) is 1.50. The van der Waals surface area contributed by atoms with E-state index in [-0.39, 0.29) is 37.5 Å². The topological polar surface area (TPSA) is 58.6 Å². The first-order valence-corrected chi connectivity index (χ1v) is 10.6. The molecule has 3 rings (SSSR count). The van der Waals surface area contributed by atoms with Gasteiger partial charge in [0.15, 0.2) is 0 Å². The zero-order valence-electron chi connectivity index (χ0n) is 17.0. The number of amides is 2. The molecule has 2 aromatic rings. The smallest absolute Gasteiger partial charge is 0.327 e. The zero-order valence-corrected chi connectivity index (χ0v) is 18.6. The maximum atomic E-state index is 14.7. The number of carbonyl (C=O) groups excluding carboxylic acids is 2. The van der Waals surface area contributed by atoms with Crippen LogP contribution in [0.4, 0.5) is 14.5 Å². The Bertz CT molecular complexity index is 938. The highest BCUT2D eigenvalue weighted by Crippen LogP contribution is 2.34. The third kappa shape index (κ3) is 5.91. The standard InChI is InChI=1S/C23H23BrF2N2O3/c1-31-20-9-7-19(8-10-20)27-22(30)23(25,26)17-12-14-28(15-13-17)21(29)11-4-16-2-5-18(24)6-3-16/h2-11,17H,12-15H2,1H3,(H,27,30)/b11-4+. The Kier molecular flexibility index (Phi) is 7.43. The van der Waals surface area contributed by atoms with Gasteiger partial charge in [-0.3, -0.25) is 9.59 Å². The first kappa shape index (κ1) is 22.9. The second-order valence-corrected chi connectivity index (χ2v) is 8.21. The third-order valence-electron chi connectivity index (χ3n) is 5.26. The zero-order chi connectivity index (χ0) is 22.4. The van der Waals surface area contributed by atoms with Gasteiger partial charge in [-0.2, -0.15) is 8.78 Å². The number of benzene rings is 2. The van der Waals surface area contributed by atoms with Crippen LogP contribution < -0.4 is 10.1 Å². The molecule has 5 nitrogen and oxygen atoms in total. The molecule has 1 heterocycles. The molecule has 0 spiro atoms. The third-order valence-corrected chi connectivity index (χ3v) is 5.79. The number of anilines is 1. The largest absolute Gasteiger partial charge is 0.497 e. The first-order valence-electron chi connectivity index (χ1n) is 9.85. The van der Waals surface area contributed by atoms with E-state index in [9.17, 15) is 18.4 Å². The number of hydrogen-bond donors (Lipinski definition) is 1. The fourth-order valence-corrected chi connectivity index (χ4v) is 3.65. The van der Waals surface area contributed by atoms with Gasteiger partial charge in [0.1, 0.15) is 5.75 Å². The Morgan fingerprint density at radius 3 is 2.29 bits per heavy atom. The summed E-state index contributed by atoms with van der Waals surface area (Å²) in [6, 6.07) is 13.6. The quantitative estimate of drug-likeness (QED) is 0.578. The van der Waals surface area contributed by atoms with Gasteiger partial charge in [-0.05, 0) is 60.9 Å². The van der Waals surface area contributed by atoms with Gasteiger partial charge in [-0.15, -0.1) is 0 Å². The molecule has 2 aromatic carbocycles. The van der Waals surface area contributed by atoms with E-state index in [1.54, 1.807) is 18.2 Å². The predicted molar refractivity (Wildman–Crippen MR) is 119 cm³/mol. The van der Waals surface area contributed by atoms with E-state index in [4.69, 9.17) is 4.74 Å². The maximum Gasteiger partial charge on any atom is 0.327 e.